The van der Waals surface area contributed by atoms with Crippen molar-refractivity contribution < 1.29 is 28.9 Å². The maximum absolute atomic E-state index is 11.8. The summed E-state index contributed by atoms with van der Waals surface area (Å²) < 4.78 is 15.3. The van der Waals surface area contributed by atoms with Crippen LogP contribution < -0.4 is 14.8 Å². The number of alkyl carbamates (subject to hydrolysis) is 1. The van der Waals surface area contributed by atoms with Gasteiger partial charge in [0.25, 0.3) is 0 Å². The lowest BCUT2D eigenvalue weighted by molar-refractivity contribution is 0.0523. The summed E-state index contributed by atoms with van der Waals surface area (Å²) in [5.41, 5.74) is 0.980. The fraction of sp³-hybridized carbons (Fsp3) is 0.300. The largest absolute Gasteiger partial charge is 0.519 e. The van der Waals surface area contributed by atoms with Crippen LogP contribution in [0.15, 0.2) is 48.5 Å². The average molecular weight is 373 g/mol. The van der Waals surface area contributed by atoms with Crippen molar-refractivity contribution in [3.05, 3.63) is 59.7 Å². The molecule has 0 fully saturated rings. The SMILES string of the molecule is CC(C)(C)OC(=O)NCc1ccc(OC(=O)Oc2ccc(CO)cc2)cc1. The predicted octanol–water partition coefficient (Wildman–Crippen LogP) is 3.78. The van der Waals surface area contributed by atoms with E-state index in [0.29, 0.717) is 17.1 Å². The van der Waals surface area contributed by atoms with E-state index in [1.54, 1.807) is 69.3 Å². The van der Waals surface area contributed by atoms with Crippen molar-refractivity contribution >= 4 is 12.2 Å². The van der Waals surface area contributed by atoms with Crippen molar-refractivity contribution in [2.24, 2.45) is 0 Å². The predicted molar refractivity (Wildman–Crippen MR) is 98.5 cm³/mol. The number of amides is 1. The van der Waals surface area contributed by atoms with Gasteiger partial charge in [-0.2, -0.15) is 0 Å². The van der Waals surface area contributed by atoms with Crippen LogP contribution >= 0.6 is 0 Å². The summed E-state index contributed by atoms with van der Waals surface area (Å²) in [5.74, 6) is 0.628. The maximum atomic E-state index is 11.8. The molecule has 144 valence electrons. The van der Waals surface area contributed by atoms with Crippen LogP contribution in [0.4, 0.5) is 9.59 Å². The van der Waals surface area contributed by atoms with Crippen LogP contribution in [-0.2, 0) is 17.9 Å². The van der Waals surface area contributed by atoms with Crippen LogP contribution in [0, 0.1) is 0 Å². The van der Waals surface area contributed by atoms with Gasteiger partial charge in [-0.15, -0.1) is 0 Å². The minimum Gasteiger partial charge on any atom is -0.444 e. The summed E-state index contributed by atoms with van der Waals surface area (Å²) in [7, 11) is 0. The van der Waals surface area contributed by atoms with Gasteiger partial charge >= 0.3 is 12.2 Å². The fourth-order valence-corrected chi connectivity index (χ4v) is 2.04. The number of hydrogen-bond acceptors (Lipinski definition) is 6. The molecule has 2 rings (SSSR count). The highest BCUT2D eigenvalue weighted by Gasteiger charge is 2.15. The molecule has 0 aromatic heterocycles. The number of aliphatic hydroxyl groups excluding tert-OH is 1. The van der Waals surface area contributed by atoms with E-state index in [4.69, 9.17) is 19.3 Å². The fourth-order valence-electron chi connectivity index (χ4n) is 2.04. The second-order valence-corrected chi connectivity index (χ2v) is 6.76. The highest BCUT2D eigenvalue weighted by molar-refractivity contribution is 5.68. The zero-order valence-corrected chi connectivity index (χ0v) is 15.5. The first kappa shape index (κ1) is 20.3. The Labute approximate surface area is 157 Å². The second-order valence-electron chi connectivity index (χ2n) is 6.76. The van der Waals surface area contributed by atoms with Gasteiger partial charge < -0.3 is 24.6 Å². The Morgan fingerprint density at radius 1 is 0.889 bits per heavy atom. The van der Waals surface area contributed by atoms with Crippen LogP contribution in [0.5, 0.6) is 11.5 Å². The van der Waals surface area contributed by atoms with Gasteiger partial charge in [0.05, 0.1) is 6.61 Å². The first-order chi connectivity index (χ1) is 12.7. The van der Waals surface area contributed by atoms with Gasteiger partial charge in [0.1, 0.15) is 17.1 Å². The molecule has 0 radical (unpaired) electrons. The third kappa shape index (κ3) is 7.37. The number of ether oxygens (including phenoxy) is 3. The number of aliphatic hydroxyl groups is 1. The van der Waals surface area contributed by atoms with E-state index in [-0.39, 0.29) is 13.2 Å². The molecule has 0 saturated carbocycles. The summed E-state index contributed by atoms with van der Waals surface area (Å²) in [6.45, 7) is 5.58. The molecule has 0 aliphatic heterocycles. The molecule has 2 aromatic rings. The van der Waals surface area contributed by atoms with E-state index >= 15 is 0 Å². The highest BCUT2D eigenvalue weighted by atomic mass is 16.7. The van der Waals surface area contributed by atoms with Gasteiger partial charge in [0, 0.05) is 6.54 Å². The summed E-state index contributed by atoms with van der Waals surface area (Å²) >= 11 is 0. The monoisotopic (exact) mass is 373 g/mol. The Bertz CT molecular complexity index is 763. The quantitative estimate of drug-likeness (QED) is 0.612. The Morgan fingerprint density at radius 3 is 1.81 bits per heavy atom. The van der Waals surface area contributed by atoms with Crippen LogP contribution in [-0.4, -0.2) is 23.0 Å². The summed E-state index contributed by atoms with van der Waals surface area (Å²) in [6.07, 6.45) is -1.37. The number of carbonyl (C=O) groups excluding carboxylic acids is 2. The van der Waals surface area contributed by atoms with Crippen molar-refractivity contribution in [3.63, 3.8) is 0 Å². The Hall–Kier alpha value is -3.06. The van der Waals surface area contributed by atoms with Crippen LogP contribution in [0.2, 0.25) is 0 Å². The Morgan fingerprint density at radius 2 is 1.37 bits per heavy atom. The molecule has 0 aliphatic carbocycles. The number of hydrogen-bond donors (Lipinski definition) is 2. The maximum Gasteiger partial charge on any atom is 0.519 e. The van der Waals surface area contributed by atoms with Gasteiger partial charge in [0.15, 0.2) is 0 Å². The molecular formula is C20H23NO6. The lowest BCUT2D eigenvalue weighted by Gasteiger charge is -2.19. The smallest absolute Gasteiger partial charge is 0.444 e. The third-order valence-corrected chi connectivity index (χ3v) is 3.27. The number of benzene rings is 2. The van der Waals surface area contributed by atoms with E-state index in [2.05, 4.69) is 5.32 Å². The van der Waals surface area contributed by atoms with E-state index in [0.717, 1.165) is 5.56 Å². The molecule has 1 amide bonds. The van der Waals surface area contributed by atoms with Crippen molar-refractivity contribution in [3.8, 4) is 11.5 Å². The van der Waals surface area contributed by atoms with E-state index in [9.17, 15) is 9.59 Å². The zero-order chi connectivity index (χ0) is 19.9. The number of rotatable bonds is 5. The molecule has 0 unspecified atom stereocenters. The molecule has 7 heteroatoms. The Kier molecular flexibility index (Phi) is 6.79. The van der Waals surface area contributed by atoms with Gasteiger partial charge in [-0.05, 0) is 56.2 Å². The molecule has 27 heavy (non-hydrogen) atoms. The minimum atomic E-state index is -0.869. The normalized spacial score (nSPS) is 10.8. The van der Waals surface area contributed by atoms with Gasteiger partial charge in [-0.25, -0.2) is 9.59 Å². The van der Waals surface area contributed by atoms with E-state index in [1.165, 1.54) is 0 Å². The molecule has 0 atom stereocenters. The topological polar surface area (TPSA) is 94.1 Å². The van der Waals surface area contributed by atoms with E-state index in [1.807, 2.05) is 0 Å². The zero-order valence-electron chi connectivity index (χ0n) is 15.5. The highest BCUT2D eigenvalue weighted by Crippen LogP contribution is 2.16. The standard InChI is InChI=1S/C20H23NO6/c1-20(2,3)27-18(23)21-12-14-4-8-16(9-5-14)25-19(24)26-17-10-6-15(13-22)7-11-17/h4-11,22H,12-13H2,1-3H3,(H,21,23). The second kappa shape index (κ2) is 9.05. The van der Waals surface area contributed by atoms with Crippen molar-refractivity contribution in [2.75, 3.05) is 0 Å². The minimum absolute atomic E-state index is 0.0835. The molecule has 0 heterocycles. The van der Waals surface area contributed by atoms with Crippen molar-refractivity contribution in [1.82, 2.24) is 5.32 Å². The summed E-state index contributed by atoms with van der Waals surface area (Å²) in [4.78, 5) is 23.4. The molecule has 7 nitrogen and oxygen atoms in total. The summed E-state index contributed by atoms with van der Waals surface area (Å²) in [6, 6.07) is 13.1. The first-order valence-electron chi connectivity index (χ1n) is 8.40. The molecule has 2 aromatic carbocycles. The van der Waals surface area contributed by atoms with Crippen LogP contribution in [0.1, 0.15) is 31.9 Å². The van der Waals surface area contributed by atoms with E-state index < -0.39 is 17.8 Å². The van der Waals surface area contributed by atoms with Crippen molar-refractivity contribution in [1.29, 1.82) is 0 Å². The molecular weight excluding hydrogens is 350 g/mol. The number of nitrogens with one attached hydrogen (secondary N) is 1. The van der Waals surface area contributed by atoms with Gasteiger partial charge in [0.2, 0.25) is 0 Å². The lowest BCUT2D eigenvalue weighted by Crippen LogP contribution is -2.32. The van der Waals surface area contributed by atoms with Crippen molar-refractivity contribution in [2.45, 2.75) is 39.5 Å². The summed E-state index contributed by atoms with van der Waals surface area (Å²) in [5, 5.41) is 11.6. The molecule has 0 saturated heterocycles. The first-order valence-corrected chi connectivity index (χ1v) is 8.40. The molecule has 0 aliphatic rings. The molecule has 0 spiro atoms. The van der Waals surface area contributed by atoms with Gasteiger partial charge in [-0.1, -0.05) is 24.3 Å². The lowest BCUT2D eigenvalue weighted by atomic mass is 10.2. The van der Waals surface area contributed by atoms with Crippen LogP contribution in [0.3, 0.4) is 0 Å². The van der Waals surface area contributed by atoms with Crippen LogP contribution in [0.25, 0.3) is 0 Å². The Balaban J connectivity index is 1.82. The number of carbonyl (C=O) groups is 2. The van der Waals surface area contributed by atoms with Gasteiger partial charge in [-0.3, -0.25) is 0 Å². The average Bonchev–Trinajstić information content (AvgIpc) is 2.60. The molecule has 0 bridgehead atoms. The third-order valence-electron chi connectivity index (χ3n) is 3.27. The molecule has 2 N–H and O–H groups in total.